The van der Waals surface area contributed by atoms with Crippen molar-refractivity contribution in [2.75, 3.05) is 31.2 Å². The predicted molar refractivity (Wildman–Crippen MR) is 104 cm³/mol. The second-order valence-electron chi connectivity index (χ2n) is 5.78. The molecule has 0 radical (unpaired) electrons. The summed E-state index contributed by atoms with van der Waals surface area (Å²) in [6.45, 7) is 2.63. The average Bonchev–Trinajstić information content (AvgIpc) is 2.67. The number of hydrogen-bond acceptors (Lipinski definition) is 5. The number of anilines is 1. The molecule has 0 atom stereocenters. The lowest BCUT2D eigenvalue weighted by molar-refractivity contribution is -0.384. The van der Waals surface area contributed by atoms with Gasteiger partial charge in [-0.1, -0.05) is 28.1 Å². The fourth-order valence-electron chi connectivity index (χ4n) is 2.83. The zero-order valence-electron chi connectivity index (χ0n) is 13.9. The van der Waals surface area contributed by atoms with Crippen LogP contribution in [0, 0.1) is 21.4 Å². The van der Waals surface area contributed by atoms with Gasteiger partial charge in [-0.25, -0.2) is 0 Å². The van der Waals surface area contributed by atoms with Crippen LogP contribution in [0.2, 0.25) is 0 Å². The number of rotatable bonds is 4. The van der Waals surface area contributed by atoms with E-state index in [1.807, 2.05) is 24.3 Å². The van der Waals surface area contributed by atoms with E-state index in [1.165, 1.54) is 12.1 Å². The fraction of sp³-hybridized carbons (Fsp3) is 0.211. The van der Waals surface area contributed by atoms with Crippen molar-refractivity contribution in [1.82, 2.24) is 0 Å². The molecule has 6 nitrogen and oxygen atoms in total. The lowest BCUT2D eigenvalue weighted by Gasteiger charge is -2.30. The van der Waals surface area contributed by atoms with E-state index in [-0.39, 0.29) is 5.69 Å². The van der Waals surface area contributed by atoms with Crippen LogP contribution in [0.1, 0.15) is 11.1 Å². The summed E-state index contributed by atoms with van der Waals surface area (Å²) in [4.78, 5) is 12.9. The molecule has 26 heavy (non-hydrogen) atoms. The van der Waals surface area contributed by atoms with Gasteiger partial charge in [-0.05, 0) is 29.8 Å². The maximum atomic E-state index is 11.2. The summed E-state index contributed by atoms with van der Waals surface area (Å²) in [6.07, 6.45) is 1.71. The van der Waals surface area contributed by atoms with Gasteiger partial charge in [-0.2, -0.15) is 5.26 Å². The molecule has 1 heterocycles. The van der Waals surface area contributed by atoms with E-state index in [4.69, 9.17) is 4.74 Å². The molecule has 3 rings (SSSR count). The number of nitro benzene ring substituents is 1. The molecular weight excluding hydrogens is 398 g/mol. The minimum absolute atomic E-state index is 0.00125. The van der Waals surface area contributed by atoms with Gasteiger partial charge in [0.15, 0.2) is 0 Å². The van der Waals surface area contributed by atoms with E-state index in [0.717, 1.165) is 15.7 Å². The molecule has 0 N–H and O–H groups in total. The summed E-state index contributed by atoms with van der Waals surface area (Å²) in [5.41, 5.74) is 2.73. The van der Waals surface area contributed by atoms with Gasteiger partial charge in [0, 0.05) is 40.9 Å². The second-order valence-corrected chi connectivity index (χ2v) is 6.69. The molecule has 1 fully saturated rings. The molecular formula is C19H16BrN3O3. The Balaban J connectivity index is 2.07. The van der Waals surface area contributed by atoms with Crippen LogP contribution in [0.3, 0.4) is 0 Å². The number of ether oxygens (including phenoxy) is 1. The number of hydrogen-bond donors (Lipinski definition) is 0. The molecule has 7 heteroatoms. The Morgan fingerprint density at radius 2 is 1.92 bits per heavy atom. The summed E-state index contributed by atoms with van der Waals surface area (Å²) >= 11 is 3.38. The highest BCUT2D eigenvalue weighted by Crippen LogP contribution is 2.30. The number of morpholine rings is 1. The van der Waals surface area contributed by atoms with Gasteiger partial charge in [0.2, 0.25) is 0 Å². The molecule has 2 aromatic rings. The number of non-ortho nitro benzene ring substituents is 1. The summed E-state index contributed by atoms with van der Waals surface area (Å²) < 4.78 is 6.30. The third kappa shape index (κ3) is 4.10. The highest BCUT2D eigenvalue weighted by Gasteiger charge is 2.17. The molecule has 0 saturated carbocycles. The highest BCUT2D eigenvalue weighted by atomic mass is 79.9. The summed E-state index contributed by atoms with van der Waals surface area (Å²) in [7, 11) is 0. The van der Waals surface area contributed by atoms with E-state index in [2.05, 4.69) is 26.9 Å². The lowest BCUT2D eigenvalue weighted by atomic mass is 10.0. The van der Waals surface area contributed by atoms with Gasteiger partial charge in [0.1, 0.15) is 0 Å². The SMILES string of the molecule is N#CC(=Cc1cc([N+](=O)[O-])ccc1N1CCOCC1)c1ccc(Br)cc1. The first-order chi connectivity index (χ1) is 12.6. The standard InChI is InChI=1S/C19H16BrN3O3/c20-17-3-1-14(2-4-17)16(13-21)11-15-12-18(23(24)25)5-6-19(15)22-7-9-26-10-8-22/h1-6,11-12H,7-10H2. The van der Waals surface area contributed by atoms with E-state index in [0.29, 0.717) is 37.4 Å². The Bertz CT molecular complexity index is 882. The Morgan fingerprint density at radius 1 is 1.23 bits per heavy atom. The van der Waals surface area contributed by atoms with Crippen molar-refractivity contribution >= 4 is 39.0 Å². The summed E-state index contributed by atoms with van der Waals surface area (Å²) in [5, 5.41) is 20.8. The van der Waals surface area contributed by atoms with Gasteiger partial charge in [0.25, 0.3) is 5.69 Å². The van der Waals surface area contributed by atoms with Crippen molar-refractivity contribution in [2.24, 2.45) is 0 Å². The fourth-order valence-corrected chi connectivity index (χ4v) is 3.09. The van der Waals surface area contributed by atoms with Crippen LogP contribution in [-0.2, 0) is 4.74 Å². The molecule has 1 saturated heterocycles. The summed E-state index contributed by atoms with van der Waals surface area (Å²) in [5.74, 6) is 0. The Kier molecular flexibility index (Phi) is 5.66. The molecule has 0 spiro atoms. The van der Waals surface area contributed by atoms with E-state index >= 15 is 0 Å². The van der Waals surface area contributed by atoms with Crippen LogP contribution in [0.5, 0.6) is 0 Å². The van der Waals surface area contributed by atoms with E-state index in [9.17, 15) is 15.4 Å². The maximum absolute atomic E-state index is 11.2. The van der Waals surface area contributed by atoms with Crippen LogP contribution in [0.15, 0.2) is 46.9 Å². The molecule has 0 aromatic heterocycles. The number of nitriles is 1. The normalized spacial score (nSPS) is 14.8. The monoisotopic (exact) mass is 413 g/mol. The highest BCUT2D eigenvalue weighted by molar-refractivity contribution is 9.10. The van der Waals surface area contributed by atoms with Gasteiger partial charge >= 0.3 is 0 Å². The molecule has 1 aliphatic rings. The molecule has 0 amide bonds. The number of halogens is 1. The molecule has 0 bridgehead atoms. The van der Waals surface area contributed by atoms with Crippen LogP contribution < -0.4 is 4.90 Å². The largest absolute Gasteiger partial charge is 0.378 e. The van der Waals surface area contributed by atoms with Crippen molar-refractivity contribution < 1.29 is 9.66 Å². The molecule has 2 aromatic carbocycles. The molecule has 0 unspecified atom stereocenters. The second kappa shape index (κ2) is 8.13. The van der Waals surface area contributed by atoms with Crippen LogP contribution in [0.4, 0.5) is 11.4 Å². The first-order valence-corrected chi connectivity index (χ1v) is 8.86. The number of nitrogens with zero attached hydrogens (tertiary/aromatic N) is 3. The van der Waals surface area contributed by atoms with E-state index < -0.39 is 4.92 Å². The third-order valence-electron chi connectivity index (χ3n) is 4.15. The minimum atomic E-state index is -0.424. The van der Waals surface area contributed by atoms with Crippen molar-refractivity contribution in [3.8, 4) is 6.07 Å². The van der Waals surface area contributed by atoms with Gasteiger partial charge in [-0.15, -0.1) is 0 Å². The van der Waals surface area contributed by atoms with Crippen molar-refractivity contribution in [3.05, 3.63) is 68.2 Å². The molecule has 1 aliphatic heterocycles. The van der Waals surface area contributed by atoms with Crippen molar-refractivity contribution in [3.63, 3.8) is 0 Å². The number of nitro groups is 1. The quantitative estimate of drug-likeness (QED) is 0.323. The van der Waals surface area contributed by atoms with Gasteiger partial charge < -0.3 is 9.64 Å². The number of allylic oxidation sites excluding steroid dienone is 1. The lowest BCUT2D eigenvalue weighted by Crippen LogP contribution is -2.36. The van der Waals surface area contributed by atoms with Gasteiger partial charge in [0.05, 0.1) is 29.8 Å². The Hall–Kier alpha value is -2.69. The zero-order valence-corrected chi connectivity index (χ0v) is 15.5. The average molecular weight is 414 g/mol. The number of benzene rings is 2. The smallest absolute Gasteiger partial charge is 0.270 e. The zero-order chi connectivity index (χ0) is 18.5. The van der Waals surface area contributed by atoms with Crippen molar-refractivity contribution in [1.29, 1.82) is 5.26 Å². The molecule has 0 aliphatic carbocycles. The Morgan fingerprint density at radius 3 is 2.54 bits per heavy atom. The van der Waals surface area contributed by atoms with Crippen LogP contribution in [0.25, 0.3) is 11.6 Å². The maximum Gasteiger partial charge on any atom is 0.270 e. The first kappa shape index (κ1) is 18.1. The predicted octanol–water partition coefficient (Wildman–Crippen LogP) is 4.26. The third-order valence-corrected chi connectivity index (χ3v) is 4.68. The minimum Gasteiger partial charge on any atom is -0.378 e. The Labute approximate surface area is 159 Å². The van der Waals surface area contributed by atoms with Crippen LogP contribution in [-0.4, -0.2) is 31.2 Å². The van der Waals surface area contributed by atoms with Gasteiger partial charge in [-0.3, -0.25) is 10.1 Å². The molecule has 132 valence electrons. The van der Waals surface area contributed by atoms with Crippen molar-refractivity contribution in [2.45, 2.75) is 0 Å². The van der Waals surface area contributed by atoms with Crippen LogP contribution >= 0.6 is 15.9 Å². The first-order valence-electron chi connectivity index (χ1n) is 8.07. The summed E-state index contributed by atoms with van der Waals surface area (Å²) in [6, 6.07) is 14.3. The van der Waals surface area contributed by atoms with E-state index in [1.54, 1.807) is 12.1 Å². The topological polar surface area (TPSA) is 79.4 Å².